The van der Waals surface area contributed by atoms with Gasteiger partial charge >= 0.3 is 0 Å². The summed E-state index contributed by atoms with van der Waals surface area (Å²) in [6.07, 6.45) is 0.382. The number of carbonyl (C=O) groups is 1. The van der Waals surface area contributed by atoms with E-state index in [-0.39, 0.29) is 12.5 Å². The van der Waals surface area contributed by atoms with Gasteiger partial charge in [0.05, 0.1) is 0 Å². The molecule has 1 saturated heterocycles. The molecule has 86 valence electrons. The van der Waals surface area contributed by atoms with Gasteiger partial charge in [0.25, 0.3) is 0 Å². The van der Waals surface area contributed by atoms with E-state index in [0.29, 0.717) is 12.0 Å². The van der Waals surface area contributed by atoms with Crippen molar-refractivity contribution in [1.29, 1.82) is 0 Å². The molecule has 0 atom stereocenters. The van der Waals surface area contributed by atoms with E-state index in [1.54, 1.807) is 0 Å². The van der Waals surface area contributed by atoms with Gasteiger partial charge in [-0.15, -0.1) is 0 Å². The van der Waals surface area contributed by atoms with Crippen LogP contribution < -0.4 is 0 Å². The summed E-state index contributed by atoms with van der Waals surface area (Å²) in [7, 11) is 0. The minimum atomic E-state index is -0.000498. The second kappa shape index (κ2) is 5.88. The fourth-order valence-electron chi connectivity index (χ4n) is 1.73. The third-order valence-corrected chi connectivity index (χ3v) is 2.82. The van der Waals surface area contributed by atoms with E-state index in [1.807, 2.05) is 4.90 Å². The number of aliphatic hydroxyl groups is 1. The maximum Gasteiger partial charge on any atom is 0.249 e. The first kappa shape index (κ1) is 12.2. The van der Waals surface area contributed by atoms with Gasteiger partial charge in [-0.3, -0.25) is 4.79 Å². The van der Waals surface area contributed by atoms with Crippen LogP contribution in [-0.2, 0) is 4.79 Å². The van der Waals surface area contributed by atoms with Crippen molar-refractivity contribution in [2.24, 2.45) is 0 Å². The van der Waals surface area contributed by atoms with E-state index < -0.39 is 0 Å². The van der Waals surface area contributed by atoms with Crippen LogP contribution in [0.1, 0.15) is 13.3 Å². The molecule has 1 fully saturated rings. The summed E-state index contributed by atoms with van der Waals surface area (Å²) in [4.78, 5) is 15.9. The highest BCUT2D eigenvalue weighted by Gasteiger charge is 2.21. The van der Waals surface area contributed by atoms with E-state index in [1.165, 1.54) is 0 Å². The lowest BCUT2D eigenvalue weighted by atomic mass is 10.2. The Bertz CT molecular complexity index is 233. The largest absolute Gasteiger partial charge is 0.396 e. The quantitative estimate of drug-likeness (QED) is 0.672. The van der Waals surface area contributed by atoms with Gasteiger partial charge in [0.2, 0.25) is 5.91 Å². The SMILES string of the molecule is C=C(CCO)C(=O)N1CCN(CC)CC1. The summed E-state index contributed by atoms with van der Waals surface area (Å²) in [5.74, 6) is -0.000182. The highest BCUT2D eigenvalue weighted by Crippen LogP contribution is 2.07. The molecule has 0 radical (unpaired) electrons. The van der Waals surface area contributed by atoms with Crippen LogP contribution in [0.5, 0.6) is 0 Å². The van der Waals surface area contributed by atoms with Crippen molar-refractivity contribution in [3.63, 3.8) is 0 Å². The zero-order valence-electron chi connectivity index (χ0n) is 9.41. The predicted octanol–water partition coefficient (Wildman–Crippen LogP) is 0.0891. The third-order valence-electron chi connectivity index (χ3n) is 2.82. The number of carbonyl (C=O) groups excluding carboxylic acids is 1. The minimum Gasteiger partial charge on any atom is -0.396 e. The Kier molecular flexibility index (Phi) is 4.78. The molecule has 4 heteroatoms. The minimum absolute atomic E-state index is 0.000182. The van der Waals surface area contributed by atoms with Crippen LogP contribution in [-0.4, -0.2) is 60.1 Å². The number of hydrogen-bond acceptors (Lipinski definition) is 3. The van der Waals surface area contributed by atoms with Gasteiger partial charge in [0.1, 0.15) is 0 Å². The van der Waals surface area contributed by atoms with Gasteiger partial charge in [0.15, 0.2) is 0 Å². The molecular weight excluding hydrogens is 192 g/mol. The molecule has 0 aliphatic carbocycles. The molecule has 0 unspecified atom stereocenters. The maximum atomic E-state index is 11.8. The van der Waals surface area contributed by atoms with Crippen molar-refractivity contribution in [3.8, 4) is 0 Å². The monoisotopic (exact) mass is 212 g/mol. The van der Waals surface area contributed by atoms with Gasteiger partial charge in [-0.05, 0) is 6.54 Å². The second-order valence-electron chi connectivity index (χ2n) is 3.80. The standard InChI is InChI=1S/C11H20N2O2/c1-3-12-5-7-13(8-6-12)11(15)10(2)4-9-14/h14H,2-9H2,1H3. The average Bonchev–Trinajstić information content (AvgIpc) is 2.28. The van der Waals surface area contributed by atoms with Gasteiger partial charge in [-0.2, -0.15) is 0 Å². The zero-order chi connectivity index (χ0) is 11.3. The molecule has 4 nitrogen and oxygen atoms in total. The summed E-state index contributed by atoms with van der Waals surface area (Å²) in [5.41, 5.74) is 0.516. The molecule has 0 spiro atoms. The van der Waals surface area contributed by atoms with E-state index in [2.05, 4.69) is 18.4 Å². The molecule has 0 saturated carbocycles. The summed E-state index contributed by atoms with van der Waals surface area (Å²) in [6, 6.07) is 0. The highest BCUT2D eigenvalue weighted by atomic mass is 16.3. The molecule has 1 N–H and O–H groups in total. The van der Waals surface area contributed by atoms with Gasteiger partial charge in [-0.1, -0.05) is 13.5 Å². The van der Waals surface area contributed by atoms with Gasteiger partial charge < -0.3 is 14.9 Å². The molecular formula is C11H20N2O2. The lowest BCUT2D eigenvalue weighted by molar-refractivity contribution is -0.129. The van der Waals surface area contributed by atoms with E-state index >= 15 is 0 Å². The Labute approximate surface area is 91.2 Å². The fraction of sp³-hybridized carbons (Fsp3) is 0.727. The number of hydrogen-bond donors (Lipinski definition) is 1. The number of nitrogens with zero attached hydrogens (tertiary/aromatic N) is 2. The average molecular weight is 212 g/mol. The van der Waals surface area contributed by atoms with Crippen molar-refractivity contribution in [1.82, 2.24) is 9.80 Å². The van der Waals surface area contributed by atoms with Crippen LogP contribution in [0.3, 0.4) is 0 Å². The lowest BCUT2D eigenvalue weighted by Crippen LogP contribution is -2.48. The van der Waals surface area contributed by atoms with Crippen LogP contribution >= 0.6 is 0 Å². The number of piperazine rings is 1. The van der Waals surface area contributed by atoms with Crippen molar-refractivity contribution in [2.75, 3.05) is 39.3 Å². The lowest BCUT2D eigenvalue weighted by Gasteiger charge is -2.34. The Morgan fingerprint density at radius 1 is 1.33 bits per heavy atom. The molecule has 0 aromatic rings. The molecule has 15 heavy (non-hydrogen) atoms. The number of rotatable bonds is 4. The number of amides is 1. The van der Waals surface area contributed by atoms with Gasteiger partial charge in [-0.25, -0.2) is 0 Å². The Morgan fingerprint density at radius 2 is 1.93 bits per heavy atom. The summed E-state index contributed by atoms with van der Waals surface area (Å²) in [6.45, 7) is 10.3. The molecule has 1 aliphatic rings. The summed E-state index contributed by atoms with van der Waals surface area (Å²) >= 11 is 0. The molecule has 0 aromatic heterocycles. The maximum absolute atomic E-state index is 11.8. The molecule has 0 aromatic carbocycles. The van der Waals surface area contributed by atoms with Crippen molar-refractivity contribution in [3.05, 3.63) is 12.2 Å². The molecule has 0 bridgehead atoms. The van der Waals surface area contributed by atoms with Crippen LogP contribution in [0, 0.1) is 0 Å². The number of likely N-dealkylation sites (N-methyl/N-ethyl adjacent to an activating group) is 1. The fourth-order valence-corrected chi connectivity index (χ4v) is 1.73. The summed E-state index contributed by atoms with van der Waals surface area (Å²) in [5, 5.41) is 8.72. The van der Waals surface area contributed by atoms with E-state index in [9.17, 15) is 4.79 Å². The third kappa shape index (κ3) is 3.32. The zero-order valence-corrected chi connectivity index (χ0v) is 9.41. The van der Waals surface area contributed by atoms with Crippen LogP contribution in [0.4, 0.5) is 0 Å². The topological polar surface area (TPSA) is 43.8 Å². The Morgan fingerprint density at radius 3 is 2.40 bits per heavy atom. The molecule has 1 aliphatic heterocycles. The summed E-state index contributed by atoms with van der Waals surface area (Å²) < 4.78 is 0. The Hall–Kier alpha value is -0.870. The molecule has 1 rings (SSSR count). The Balaban J connectivity index is 2.39. The predicted molar refractivity (Wildman–Crippen MR) is 59.5 cm³/mol. The van der Waals surface area contributed by atoms with Crippen molar-refractivity contribution >= 4 is 5.91 Å². The van der Waals surface area contributed by atoms with Crippen LogP contribution in [0.15, 0.2) is 12.2 Å². The van der Waals surface area contributed by atoms with Gasteiger partial charge in [0, 0.05) is 44.8 Å². The van der Waals surface area contributed by atoms with Crippen molar-refractivity contribution < 1.29 is 9.90 Å². The van der Waals surface area contributed by atoms with E-state index in [4.69, 9.17) is 5.11 Å². The first-order chi connectivity index (χ1) is 7.19. The second-order valence-corrected chi connectivity index (χ2v) is 3.80. The normalized spacial score (nSPS) is 17.9. The first-order valence-electron chi connectivity index (χ1n) is 5.49. The molecule has 1 heterocycles. The number of aliphatic hydroxyl groups excluding tert-OH is 1. The van der Waals surface area contributed by atoms with Crippen LogP contribution in [0.25, 0.3) is 0 Å². The highest BCUT2D eigenvalue weighted by molar-refractivity contribution is 5.92. The first-order valence-corrected chi connectivity index (χ1v) is 5.49. The van der Waals surface area contributed by atoms with Crippen LogP contribution in [0.2, 0.25) is 0 Å². The smallest absolute Gasteiger partial charge is 0.249 e. The van der Waals surface area contributed by atoms with Crippen molar-refractivity contribution in [2.45, 2.75) is 13.3 Å². The molecule has 1 amide bonds. The van der Waals surface area contributed by atoms with E-state index in [0.717, 1.165) is 32.7 Å².